The molecule has 0 heterocycles. The highest BCUT2D eigenvalue weighted by molar-refractivity contribution is 5.84. The highest BCUT2D eigenvalue weighted by atomic mass is 16.2. The van der Waals surface area contributed by atoms with E-state index < -0.39 is 0 Å². The van der Waals surface area contributed by atoms with Crippen molar-refractivity contribution >= 4 is 23.5 Å². The molecule has 5 heteroatoms. The lowest BCUT2D eigenvalue weighted by atomic mass is 10.2. The van der Waals surface area contributed by atoms with E-state index in [4.69, 9.17) is 0 Å². The summed E-state index contributed by atoms with van der Waals surface area (Å²) in [7, 11) is 5.86. The minimum absolute atomic E-state index is 0.155. The topological polar surface area (TPSA) is 47.9 Å². The van der Waals surface area contributed by atoms with Crippen LogP contribution < -0.4 is 15.2 Å². The number of hydrogen-bond donors (Lipinski definition) is 1. The van der Waals surface area contributed by atoms with Gasteiger partial charge < -0.3 is 9.80 Å². The molecule has 0 aliphatic rings. The maximum atomic E-state index is 11.9. The lowest BCUT2D eigenvalue weighted by Crippen LogP contribution is -2.32. The van der Waals surface area contributed by atoms with Gasteiger partial charge in [-0.25, -0.2) is 5.43 Å². The number of carbonyl (C=O) groups excluding carboxylic acids is 1. The van der Waals surface area contributed by atoms with E-state index in [0.717, 1.165) is 16.9 Å². The molecule has 0 bridgehead atoms. The summed E-state index contributed by atoms with van der Waals surface area (Å²) in [5, 5.41) is 4.00. The first-order chi connectivity index (χ1) is 11.1. The number of carbonyl (C=O) groups is 1. The van der Waals surface area contributed by atoms with Crippen molar-refractivity contribution in [2.75, 3.05) is 37.5 Å². The van der Waals surface area contributed by atoms with Crippen molar-refractivity contribution in [3.05, 3.63) is 60.2 Å². The second-order valence-electron chi connectivity index (χ2n) is 5.47. The molecule has 0 aromatic heterocycles. The molecule has 0 saturated carbocycles. The molecule has 0 radical (unpaired) electrons. The third-order valence-electron chi connectivity index (χ3n) is 3.39. The summed E-state index contributed by atoms with van der Waals surface area (Å²) in [6.07, 6.45) is 1.64. The van der Waals surface area contributed by atoms with E-state index in [1.165, 1.54) is 0 Å². The van der Waals surface area contributed by atoms with Gasteiger partial charge in [-0.1, -0.05) is 30.3 Å². The van der Waals surface area contributed by atoms with E-state index >= 15 is 0 Å². The van der Waals surface area contributed by atoms with Gasteiger partial charge in [0, 0.05) is 32.5 Å². The number of likely N-dealkylation sites (N-methyl/N-ethyl adjacent to an activating group) is 1. The number of para-hydroxylation sites is 1. The van der Waals surface area contributed by atoms with Crippen molar-refractivity contribution in [2.24, 2.45) is 5.10 Å². The normalized spacial score (nSPS) is 10.6. The summed E-state index contributed by atoms with van der Waals surface area (Å²) in [6.45, 7) is 0.251. The summed E-state index contributed by atoms with van der Waals surface area (Å²) in [5.41, 5.74) is 5.60. The number of benzene rings is 2. The fraction of sp³-hybridized carbons (Fsp3) is 0.222. The van der Waals surface area contributed by atoms with Crippen molar-refractivity contribution in [2.45, 2.75) is 0 Å². The van der Waals surface area contributed by atoms with Gasteiger partial charge in [0.1, 0.15) is 0 Å². The van der Waals surface area contributed by atoms with Gasteiger partial charge in [0.25, 0.3) is 5.91 Å². The molecule has 120 valence electrons. The lowest BCUT2D eigenvalue weighted by molar-refractivity contribution is -0.119. The Morgan fingerprint density at radius 1 is 1.00 bits per heavy atom. The van der Waals surface area contributed by atoms with Crippen LogP contribution in [0.2, 0.25) is 0 Å². The molecule has 5 nitrogen and oxygen atoms in total. The molecular formula is C18H22N4O. The summed E-state index contributed by atoms with van der Waals surface area (Å²) in [6, 6.07) is 17.7. The predicted octanol–water partition coefficient (Wildman–Crippen LogP) is 2.34. The molecular weight excluding hydrogens is 288 g/mol. The largest absolute Gasteiger partial charge is 0.378 e. The number of hydrazone groups is 1. The molecule has 1 N–H and O–H groups in total. The second-order valence-corrected chi connectivity index (χ2v) is 5.47. The first-order valence-corrected chi connectivity index (χ1v) is 7.42. The number of nitrogens with one attached hydrogen (secondary N) is 1. The van der Waals surface area contributed by atoms with Crippen LogP contribution in [0.4, 0.5) is 11.4 Å². The van der Waals surface area contributed by atoms with Crippen molar-refractivity contribution in [1.29, 1.82) is 0 Å². The molecule has 2 rings (SSSR count). The zero-order valence-electron chi connectivity index (χ0n) is 13.7. The minimum Gasteiger partial charge on any atom is -0.378 e. The number of amides is 1. The molecule has 1 amide bonds. The summed E-state index contributed by atoms with van der Waals surface area (Å²) in [4.78, 5) is 15.8. The molecule has 0 unspecified atom stereocenters. The molecule has 2 aromatic rings. The van der Waals surface area contributed by atoms with Gasteiger partial charge >= 0.3 is 0 Å². The van der Waals surface area contributed by atoms with Gasteiger partial charge in [0.05, 0.1) is 12.8 Å². The third kappa shape index (κ3) is 5.14. The SMILES string of the molecule is CN(C)c1ccc(/C=N/NC(=O)CN(C)c2ccccc2)cc1. The maximum absolute atomic E-state index is 11.9. The van der Waals surface area contributed by atoms with E-state index in [2.05, 4.69) is 10.5 Å². The number of anilines is 2. The van der Waals surface area contributed by atoms with Gasteiger partial charge in [0.2, 0.25) is 0 Å². The van der Waals surface area contributed by atoms with Crippen LogP contribution in [0, 0.1) is 0 Å². The van der Waals surface area contributed by atoms with Crippen LogP contribution in [-0.2, 0) is 4.79 Å². The van der Waals surface area contributed by atoms with Gasteiger partial charge in [-0.05, 0) is 29.8 Å². The molecule has 0 atom stereocenters. The van der Waals surface area contributed by atoms with Crippen molar-refractivity contribution in [3.63, 3.8) is 0 Å². The van der Waals surface area contributed by atoms with Crippen LogP contribution in [0.15, 0.2) is 59.7 Å². The number of rotatable bonds is 6. The standard InChI is InChI=1S/C18H22N4O/c1-21(2)16-11-9-15(10-12-16)13-19-20-18(23)14-22(3)17-7-5-4-6-8-17/h4-13H,14H2,1-3H3,(H,20,23)/b19-13+. The average molecular weight is 310 g/mol. The minimum atomic E-state index is -0.155. The monoisotopic (exact) mass is 310 g/mol. The van der Waals surface area contributed by atoms with E-state index in [0.29, 0.717) is 0 Å². The average Bonchev–Trinajstić information content (AvgIpc) is 2.56. The van der Waals surface area contributed by atoms with Crippen LogP contribution in [0.1, 0.15) is 5.56 Å². The maximum Gasteiger partial charge on any atom is 0.259 e. The van der Waals surface area contributed by atoms with Crippen molar-refractivity contribution < 1.29 is 4.79 Å². The Balaban J connectivity index is 1.84. The fourth-order valence-electron chi connectivity index (χ4n) is 2.06. The highest BCUT2D eigenvalue weighted by Crippen LogP contribution is 2.11. The number of hydrogen-bond acceptors (Lipinski definition) is 4. The van der Waals surface area contributed by atoms with Crippen molar-refractivity contribution in [1.82, 2.24) is 5.43 Å². The van der Waals surface area contributed by atoms with Crippen molar-refractivity contribution in [3.8, 4) is 0 Å². The Hall–Kier alpha value is -2.82. The molecule has 0 aliphatic carbocycles. The first-order valence-electron chi connectivity index (χ1n) is 7.42. The Morgan fingerprint density at radius 3 is 2.26 bits per heavy atom. The van der Waals surface area contributed by atoms with Crippen LogP contribution in [0.5, 0.6) is 0 Å². The van der Waals surface area contributed by atoms with E-state index in [9.17, 15) is 4.79 Å². The van der Waals surface area contributed by atoms with E-state index in [1.54, 1.807) is 6.21 Å². The van der Waals surface area contributed by atoms with Crippen LogP contribution in [0.3, 0.4) is 0 Å². The Morgan fingerprint density at radius 2 is 1.65 bits per heavy atom. The Labute approximate surface area is 137 Å². The lowest BCUT2D eigenvalue weighted by Gasteiger charge is -2.17. The first kappa shape index (κ1) is 16.5. The summed E-state index contributed by atoms with van der Waals surface area (Å²) < 4.78 is 0. The summed E-state index contributed by atoms with van der Waals surface area (Å²) in [5.74, 6) is -0.155. The Bertz CT molecular complexity index is 650. The zero-order chi connectivity index (χ0) is 16.7. The van der Waals surface area contributed by atoms with Gasteiger partial charge in [-0.15, -0.1) is 0 Å². The summed E-state index contributed by atoms with van der Waals surface area (Å²) >= 11 is 0. The van der Waals surface area contributed by atoms with Gasteiger partial charge in [-0.2, -0.15) is 5.10 Å². The molecule has 2 aromatic carbocycles. The quantitative estimate of drug-likeness (QED) is 0.658. The molecule has 0 fully saturated rings. The second kappa shape index (κ2) is 7.98. The smallest absolute Gasteiger partial charge is 0.259 e. The zero-order valence-corrected chi connectivity index (χ0v) is 13.7. The molecule has 23 heavy (non-hydrogen) atoms. The van der Waals surface area contributed by atoms with Crippen LogP contribution in [-0.4, -0.2) is 39.8 Å². The highest BCUT2D eigenvalue weighted by Gasteiger charge is 2.05. The predicted molar refractivity (Wildman–Crippen MR) is 96.2 cm³/mol. The van der Waals surface area contributed by atoms with Crippen LogP contribution in [0.25, 0.3) is 0 Å². The van der Waals surface area contributed by atoms with Crippen LogP contribution >= 0.6 is 0 Å². The molecule has 0 saturated heterocycles. The van der Waals surface area contributed by atoms with E-state index in [1.807, 2.05) is 85.5 Å². The molecule has 0 aliphatic heterocycles. The Kier molecular flexibility index (Phi) is 5.74. The van der Waals surface area contributed by atoms with Gasteiger partial charge in [0.15, 0.2) is 0 Å². The fourth-order valence-corrected chi connectivity index (χ4v) is 2.06. The van der Waals surface area contributed by atoms with Gasteiger partial charge in [-0.3, -0.25) is 4.79 Å². The number of nitrogens with zero attached hydrogens (tertiary/aromatic N) is 3. The third-order valence-corrected chi connectivity index (χ3v) is 3.39. The molecule has 0 spiro atoms. The van der Waals surface area contributed by atoms with E-state index in [-0.39, 0.29) is 12.5 Å².